The molecule has 0 aliphatic carbocycles. The van der Waals surface area contributed by atoms with Crippen LogP contribution in [0.2, 0.25) is 0 Å². The van der Waals surface area contributed by atoms with Gasteiger partial charge in [0.1, 0.15) is 18.3 Å². The van der Waals surface area contributed by atoms with Crippen molar-refractivity contribution in [3.05, 3.63) is 40.3 Å². The number of aromatic amines is 1. The normalized spacial score (nSPS) is 12.4. The monoisotopic (exact) mass is 346 g/mol. The average Bonchev–Trinajstić information content (AvgIpc) is 2.54. The first-order valence-electron chi connectivity index (χ1n) is 7.59. The maximum atomic E-state index is 12.4. The molecule has 0 saturated heterocycles. The molecule has 0 spiro atoms. The average molecular weight is 346 g/mol. The van der Waals surface area contributed by atoms with Crippen LogP contribution in [-0.4, -0.2) is 38.3 Å². The van der Waals surface area contributed by atoms with Crippen molar-refractivity contribution >= 4 is 22.4 Å². The Bertz CT molecular complexity index is 867. The summed E-state index contributed by atoms with van der Waals surface area (Å²) in [5.74, 6) is 1.49. The molecule has 25 heavy (non-hydrogen) atoms. The summed E-state index contributed by atoms with van der Waals surface area (Å²) in [6.45, 7) is 2.47. The maximum Gasteiger partial charge on any atom is 0.257 e. The SMILES string of the molecule is COCCOc1cc2c(=O)[nH]c(/N=C(N)\C=C(\C)N)cc2cc1OC. The fourth-order valence-electron chi connectivity index (χ4n) is 2.23. The lowest BCUT2D eigenvalue weighted by atomic mass is 10.1. The Morgan fingerprint density at radius 3 is 2.60 bits per heavy atom. The van der Waals surface area contributed by atoms with Crippen molar-refractivity contribution < 1.29 is 14.2 Å². The molecule has 0 amide bonds. The van der Waals surface area contributed by atoms with Crippen LogP contribution in [-0.2, 0) is 4.74 Å². The van der Waals surface area contributed by atoms with E-state index < -0.39 is 0 Å². The number of nitrogens with one attached hydrogen (secondary N) is 1. The summed E-state index contributed by atoms with van der Waals surface area (Å²) < 4.78 is 15.9. The Balaban J connectivity index is 2.48. The van der Waals surface area contributed by atoms with Crippen LogP contribution in [0.25, 0.3) is 10.8 Å². The molecule has 5 N–H and O–H groups in total. The molecule has 134 valence electrons. The zero-order valence-corrected chi connectivity index (χ0v) is 14.5. The number of methoxy groups -OCH3 is 2. The molecule has 0 aliphatic heterocycles. The molecule has 2 rings (SSSR count). The Morgan fingerprint density at radius 2 is 1.96 bits per heavy atom. The van der Waals surface area contributed by atoms with Gasteiger partial charge in [0, 0.05) is 12.8 Å². The van der Waals surface area contributed by atoms with Crippen molar-refractivity contribution in [3.63, 3.8) is 0 Å². The molecule has 1 heterocycles. The number of nitrogens with two attached hydrogens (primary N) is 2. The molecule has 1 aromatic heterocycles. The van der Waals surface area contributed by atoms with Crippen LogP contribution in [0.1, 0.15) is 6.92 Å². The van der Waals surface area contributed by atoms with Gasteiger partial charge >= 0.3 is 0 Å². The quantitative estimate of drug-likeness (QED) is 0.395. The third-order valence-electron chi connectivity index (χ3n) is 3.28. The number of ether oxygens (including phenoxy) is 3. The number of hydrogen-bond acceptors (Lipinski definition) is 6. The number of hydrogen-bond donors (Lipinski definition) is 3. The number of aliphatic imine (C=N–C) groups is 1. The van der Waals surface area contributed by atoms with Crippen molar-refractivity contribution in [3.8, 4) is 11.5 Å². The predicted molar refractivity (Wildman–Crippen MR) is 97.7 cm³/mol. The first kappa shape index (κ1) is 18.3. The lowest BCUT2D eigenvalue weighted by molar-refractivity contribution is 0.144. The van der Waals surface area contributed by atoms with Crippen molar-refractivity contribution in [2.24, 2.45) is 16.5 Å². The van der Waals surface area contributed by atoms with E-state index >= 15 is 0 Å². The highest BCUT2D eigenvalue weighted by Gasteiger charge is 2.10. The third kappa shape index (κ3) is 4.74. The Morgan fingerprint density at radius 1 is 1.20 bits per heavy atom. The highest BCUT2D eigenvalue weighted by molar-refractivity contribution is 5.94. The Hall–Kier alpha value is -3.00. The molecular formula is C17H22N4O4. The standard InChI is InChI=1S/C17H22N4O4/c1-10(18)6-15(19)20-16-8-11-7-13(24-3)14(25-5-4-23-2)9-12(11)17(22)21-16/h6-9H,4-5,18H2,1-3H3,(H3,19,20,21,22)/b10-6-. The van der Waals surface area contributed by atoms with E-state index in [9.17, 15) is 4.79 Å². The van der Waals surface area contributed by atoms with Gasteiger partial charge in [-0.3, -0.25) is 4.79 Å². The molecule has 0 radical (unpaired) electrons. The van der Waals surface area contributed by atoms with Gasteiger partial charge in [0.05, 0.1) is 19.1 Å². The number of nitrogens with zero attached hydrogens (tertiary/aromatic N) is 1. The minimum atomic E-state index is -0.309. The van der Waals surface area contributed by atoms with Crippen LogP contribution in [0.4, 0.5) is 5.82 Å². The highest BCUT2D eigenvalue weighted by Crippen LogP contribution is 2.32. The maximum absolute atomic E-state index is 12.4. The second kappa shape index (κ2) is 8.20. The number of allylic oxidation sites excluding steroid dienone is 1. The van der Waals surface area contributed by atoms with E-state index in [1.807, 2.05) is 0 Å². The topological polar surface area (TPSA) is 125 Å². The second-order valence-corrected chi connectivity index (χ2v) is 5.34. The Kier molecular flexibility index (Phi) is 6.02. The van der Waals surface area contributed by atoms with Crippen LogP contribution >= 0.6 is 0 Å². The van der Waals surface area contributed by atoms with E-state index in [2.05, 4.69) is 9.98 Å². The lowest BCUT2D eigenvalue weighted by Gasteiger charge is -2.12. The predicted octanol–water partition coefficient (Wildman–Crippen LogP) is 1.41. The minimum absolute atomic E-state index is 0.196. The van der Waals surface area contributed by atoms with Crippen LogP contribution in [0.5, 0.6) is 11.5 Å². The van der Waals surface area contributed by atoms with Crippen molar-refractivity contribution in [2.75, 3.05) is 27.4 Å². The van der Waals surface area contributed by atoms with Crippen molar-refractivity contribution in [1.29, 1.82) is 0 Å². The summed E-state index contributed by atoms with van der Waals surface area (Å²) in [6, 6.07) is 5.04. The van der Waals surface area contributed by atoms with Crippen LogP contribution in [0.3, 0.4) is 0 Å². The highest BCUT2D eigenvalue weighted by atomic mass is 16.5. The van der Waals surface area contributed by atoms with Gasteiger partial charge < -0.3 is 30.7 Å². The molecule has 2 aromatic rings. The number of rotatable bonds is 7. The zero-order valence-electron chi connectivity index (χ0n) is 14.5. The number of H-pyrrole nitrogens is 1. The van der Waals surface area contributed by atoms with Gasteiger partial charge in [0.15, 0.2) is 11.5 Å². The number of fused-ring (bicyclic) bond motifs is 1. The van der Waals surface area contributed by atoms with E-state index in [1.54, 1.807) is 32.2 Å². The molecule has 0 aliphatic rings. The van der Waals surface area contributed by atoms with Gasteiger partial charge in [-0.2, -0.15) is 0 Å². The largest absolute Gasteiger partial charge is 0.493 e. The van der Waals surface area contributed by atoms with Gasteiger partial charge in [-0.15, -0.1) is 0 Å². The number of amidine groups is 1. The van der Waals surface area contributed by atoms with Gasteiger partial charge in [0.2, 0.25) is 0 Å². The summed E-state index contributed by atoms with van der Waals surface area (Å²) in [5.41, 5.74) is 11.5. The summed E-state index contributed by atoms with van der Waals surface area (Å²) in [7, 11) is 3.12. The van der Waals surface area contributed by atoms with E-state index in [0.29, 0.717) is 47.0 Å². The first-order valence-corrected chi connectivity index (χ1v) is 7.59. The fraction of sp³-hybridized carbons (Fsp3) is 0.294. The smallest absolute Gasteiger partial charge is 0.257 e. The summed E-state index contributed by atoms with van der Waals surface area (Å²) in [5, 5.41) is 1.11. The molecular weight excluding hydrogens is 324 g/mol. The van der Waals surface area contributed by atoms with Gasteiger partial charge in [-0.1, -0.05) is 0 Å². The lowest BCUT2D eigenvalue weighted by Crippen LogP contribution is -2.12. The number of aromatic nitrogens is 1. The molecule has 8 nitrogen and oxygen atoms in total. The van der Waals surface area contributed by atoms with Gasteiger partial charge in [0.25, 0.3) is 5.56 Å². The summed E-state index contributed by atoms with van der Waals surface area (Å²) >= 11 is 0. The first-order chi connectivity index (χ1) is 11.9. The van der Waals surface area contributed by atoms with Crippen LogP contribution < -0.4 is 26.5 Å². The van der Waals surface area contributed by atoms with E-state index in [-0.39, 0.29) is 11.4 Å². The third-order valence-corrected chi connectivity index (χ3v) is 3.28. The van der Waals surface area contributed by atoms with Crippen LogP contribution in [0.15, 0.2) is 39.8 Å². The second-order valence-electron chi connectivity index (χ2n) is 5.34. The van der Waals surface area contributed by atoms with Crippen molar-refractivity contribution in [2.45, 2.75) is 6.92 Å². The molecule has 0 atom stereocenters. The van der Waals surface area contributed by atoms with E-state index in [1.165, 1.54) is 13.2 Å². The minimum Gasteiger partial charge on any atom is -0.493 e. The van der Waals surface area contributed by atoms with Gasteiger partial charge in [-0.25, -0.2) is 4.99 Å². The molecule has 1 aromatic carbocycles. The summed E-state index contributed by atoms with van der Waals surface area (Å²) in [4.78, 5) is 19.2. The Labute approximate surface area is 145 Å². The molecule has 8 heteroatoms. The number of pyridine rings is 1. The zero-order chi connectivity index (χ0) is 18.4. The molecule has 0 saturated carbocycles. The molecule has 0 bridgehead atoms. The van der Waals surface area contributed by atoms with Crippen molar-refractivity contribution in [1.82, 2.24) is 4.98 Å². The van der Waals surface area contributed by atoms with E-state index in [4.69, 9.17) is 25.7 Å². The van der Waals surface area contributed by atoms with Crippen LogP contribution in [0, 0.1) is 0 Å². The summed E-state index contributed by atoms with van der Waals surface area (Å²) in [6.07, 6.45) is 1.51. The molecule has 0 fully saturated rings. The van der Waals surface area contributed by atoms with E-state index in [0.717, 1.165) is 0 Å². The van der Waals surface area contributed by atoms with Gasteiger partial charge in [-0.05, 0) is 36.6 Å². The molecule has 0 unspecified atom stereocenters. The number of benzene rings is 1. The fourth-order valence-corrected chi connectivity index (χ4v) is 2.23.